The second-order valence-corrected chi connectivity index (χ2v) is 6.11. The van der Waals surface area contributed by atoms with E-state index in [1.165, 1.54) is 18.2 Å². The number of rotatable bonds is 3. The highest BCUT2D eigenvalue weighted by Gasteiger charge is 2.42. The van der Waals surface area contributed by atoms with Gasteiger partial charge in [-0.2, -0.15) is 0 Å². The molecule has 3 rings (SSSR count). The van der Waals surface area contributed by atoms with Crippen molar-refractivity contribution in [1.29, 1.82) is 0 Å². The second kappa shape index (κ2) is 6.50. The van der Waals surface area contributed by atoms with Crippen molar-refractivity contribution < 1.29 is 14.4 Å². The maximum atomic E-state index is 12.7. The zero-order chi connectivity index (χ0) is 16.4. The molecule has 122 valence electrons. The number of amides is 3. The third-order valence-corrected chi connectivity index (χ3v) is 4.40. The number of imide groups is 1. The zero-order valence-electron chi connectivity index (χ0n) is 13.2. The number of carbonyl (C=O) groups excluding carboxylic acids is 3. The predicted molar refractivity (Wildman–Crippen MR) is 87.1 cm³/mol. The number of piperidine rings is 1. The van der Waals surface area contributed by atoms with Crippen LogP contribution in [0.15, 0.2) is 24.3 Å². The Bertz CT molecular complexity index is 620. The first-order valence-corrected chi connectivity index (χ1v) is 8.05. The van der Waals surface area contributed by atoms with Crippen molar-refractivity contribution in [1.82, 2.24) is 4.90 Å². The Balaban J connectivity index is 1.75. The molecule has 0 aliphatic carbocycles. The van der Waals surface area contributed by atoms with Crippen molar-refractivity contribution in [3.05, 3.63) is 24.3 Å². The van der Waals surface area contributed by atoms with E-state index in [9.17, 15) is 14.4 Å². The summed E-state index contributed by atoms with van der Waals surface area (Å²) in [6.07, 6.45) is 3.62. The molecule has 0 spiro atoms. The van der Waals surface area contributed by atoms with E-state index in [4.69, 9.17) is 0 Å². The third-order valence-electron chi connectivity index (χ3n) is 4.40. The van der Waals surface area contributed by atoms with E-state index in [2.05, 4.69) is 10.2 Å². The van der Waals surface area contributed by atoms with Crippen LogP contribution >= 0.6 is 0 Å². The lowest BCUT2D eigenvalue weighted by atomic mass is 10.1. The summed E-state index contributed by atoms with van der Waals surface area (Å²) in [5.41, 5.74) is 1.21. The minimum absolute atomic E-state index is 0.135. The lowest BCUT2D eigenvalue weighted by Crippen LogP contribution is -2.44. The van der Waals surface area contributed by atoms with Crippen molar-refractivity contribution in [3.63, 3.8) is 0 Å². The van der Waals surface area contributed by atoms with E-state index in [0.29, 0.717) is 11.4 Å². The highest BCUT2D eigenvalue weighted by atomic mass is 16.2. The van der Waals surface area contributed by atoms with Gasteiger partial charge < -0.3 is 5.32 Å². The summed E-state index contributed by atoms with van der Waals surface area (Å²) >= 11 is 0. The first kappa shape index (κ1) is 15.7. The zero-order valence-corrected chi connectivity index (χ0v) is 13.2. The molecule has 3 amide bonds. The molecular weight excluding hydrogens is 294 g/mol. The molecule has 23 heavy (non-hydrogen) atoms. The van der Waals surface area contributed by atoms with Gasteiger partial charge in [-0.25, -0.2) is 4.90 Å². The van der Waals surface area contributed by atoms with Crippen LogP contribution in [0.3, 0.4) is 0 Å². The fourth-order valence-electron chi connectivity index (χ4n) is 3.30. The van der Waals surface area contributed by atoms with Gasteiger partial charge in [-0.1, -0.05) is 6.42 Å². The average Bonchev–Trinajstić information content (AvgIpc) is 2.83. The van der Waals surface area contributed by atoms with Crippen molar-refractivity contribution in [2.75, 3.05) is 23.3 Å². The first-order chi connectivity index (χ1) is 11.1. The van der Waals surface area contributed by atoms with E-state index >= 15 is 0 Å². The van der Waals surface area contributed by atoms with E-state index in [1.807, 2.05) is 0 Å². The Morgan fingerprint density at radius 2 is 1.74 bits per heavy atom. The summed E-state index contributed by atoms with van der Waals surface area (Å²) in [7, 11) is 0. The topological polar surface area (TPSA) is 69.7 Å². The van der Waals surface area contributed by atoms with Gasteiger partial charge in [-0.15, -0.1) is 0 Å². The molecule has 2 aliphatic heterocycles. The minimum atomic E-state index is -0.321. The van der Waals surface area contributed by atoms with Gasteiger partial charge in [0.2, 0.25) is 11.8 Å². The van der Waals surface area contributed by atoms with E-state index in [1.54, 1.807) is 24.3 Å². The molecule has 2 fully saturated rings. The fraction of sp³-hybridized carbons (Fsp3) is 0.471. The van der Waals surface area contributed by atoms with Crippen LogP contribution in [0.25, 0.3) is 0 Å². The second-order valence-electron chi connectivity index (χ2n) is 6.11. The normalized spacial score (nSPS) is 22.5. The number of nitrogens with one attached hydrogen (secondary N) is 1. The quantitative estimate of drug-likeness (QED) is 0.863. The molecule has 6 heteroatoms. The Morgan fingerprint density at radius 1 is 1.09 bits per heavy atom. The number of anilines is 2. The third kappa shape index (κ3) is 3.27. The Hall–Kier alpha value is -2.21. The van der Waals surface area contributed by atoms with Crippen LogP contribution < -0.4 is 10.2 Å². The summed E-state index contributed by atoms with van der Waals surface area (Å²) in [6.45, 7) is 3.21. The molecule has 0 aromatic heterocycles. The molecule has 0 saturated carbocycles. The van der Waals surface area contributed by atoms with E-state index in [-0.39, 0.29) is 30.2 Å². The number of hydrogen-bond donors (Lipinski definition) is 1. The minimum Gasteiger partial charge on any atom is -0.326 e. The highest BCUT2D eigenvalue weighted by Crippen LogP contribution is 2.28. The van der Waals surface area contributed by atoms with Gasteiger partial charge in [0, 0.05) is 12.6 Å². The van der Waals surface area contributed by atoms with Crippen molar-refractivity contribution in [3.8, 4) is 0 Å². The van der Waals surface area contributed by atoms with Gasteiger partial charge in [0.05, 0.1) is 18.2 Å². The smallest absolute Gasteiger partial charge is 0.251 e. The summed E-state index contributed by atoms with van der Waals surface area (Å²) in [6, 6.07) is 6.47. The van der Waals surface area contributed by atoms with E-state index < -0.39 is 0 Å². The lowest BCUT2D eigenvalue weighted by molar-refractivity contribution is -0.123. The monoisotopic (exact) mass is 315 g/mol. The maximum Gasteiger partial charge on any atom is 0.251 e. The van der Waals surface area contributed by atoms with Gasteiger partial charge in [0.15, 0.2) is 0 Å². The summed E-state index contributed by atoms with van der Waals surface area (Å²) < 4.78 is 0. The fourth-order valence-corrected chi connectivity index (χ4v) is 3.30. The van der Waals surface area contributed by atoms with Crippen molar-refractivity contribution in [2.24, 2.45) is 0 Å². The van der Waals surface area contributed by atoms with Crippen molar-refractivity contribution >= 4 is 29.1 Å². The van der Waals surface area contributed by atoms with Crippen molar-refractivity contribution in [2.45, 2.75) is 38.6 Å². The summed E-state index contributed by atoms with van der Waals surface area (Å²) in [5.74, 6) is -0.446. The molecular formula is C17H21N3O3. The Kier molecular flexibility index (Phi) is 4.43. The standard InChI is InChI=1S/C17H21N3O3/c1-12(21)18-13-5-7-14(8-6-13)20-16(22)11-15(17(20)23)19-9-3-2-4-10-19/h5-8,15H,2-4,9-11H2,1H3,(H,18,21)/t15-/m0/s1. The van der Waals surface area contributed by atoms with Crippen LogP contribution in [0.2, 0.25) is 0 Å². The first-order valence-electron chi connectivity index (χ1n) is 8.05. The van der Waals surface area contributed by atoms with Gasteiger partial charge in [-0.3, -0.25) is 19.3 Å². The van der Waals surface area contributed by atoms with Gasteiger partial charge in [-0.05, 0) is 50.2 Å². The average molecular weight is 315 g/mol. The molecule has 0 bridgehead atoms. The van der Waals surface area contributed by atoms with Crippen LogP contribution in [0, 0.1) is 0 Å². The number of hydrogen-bond acceptors (Lipinski definition) is 4. The Morgan fingerprint density at radius 3 is 2.35 bits per heavy atom. The van der Waals surface area contributed by atoms with Crippen LogP contribution in [-0.4, -0.2) is 41.8 Å². The summed E-state index contributed by atoms with van der Waals surface area (Å²) in [4.78, 5) is 39.4. The molecule has 0 unspecified atom stereocenters. The van der Waals surface area contributed by atoms with Crippen LogP contribution in [-0.2, 0) is 14.4 Å². The number of nitrogens with zero attached hydrogens (tertiary/aromatic N) is 2. The van der Waals surface area contributed by atoms with Crippen LogP contribution in [0.5, 0.6) is 0 Å². The molecule has 6 nitrogen and oxygen atoms in total. The van der Waals surface area contributed by atoms with Crippen LogP contribution in [0.4, 0.5) is 11.4 Å². The molecule has 2 saturated heterocycles. The Labute approximate surface area is 135 Å². The number of likely N-dealkylation sites (tertiary alicyclic amines) is 1. The number of benzene rings is 1. The molecule has 1 aromatic rings. The maximum absolute atomic E-state index is 12.7. The summed E-state index contributed by atoms with van der Waals surface area (Å²) in [5, 5.41) is 2.67. The lowest BCUT2D eigenvalue weighted by Gasteiger charge is -2.30. The molecule has 1 N–H and O–H groups in total. The molecule has 0 radical (unpaired) electrons. The highest BCUT2D eigenvalue weighted by molar-refractivity contribution is 6.22. The van der Waals surface area contributed by atoms with Gasteiger partial charge >= 0.3 is 0 Å². The molecule has 2 aliphatic rings. The SMILES string of the molecule is CC(=O)Nc1ccc(N2C(=O)C[C@H](N3CCCCC3)C2=O)cc1. The molecule has 1 aromatic carbocycles. The van der Waals surface area contributed by atoms with Crippen LogP contribution in [0.1, 0.15) is 32.6 Å². The van der Waals surface area contributed by atoms with E-state index in [0.717, 1.165) is 25.9 Å². The number of carbonyl (C=O) groups is 3. The molecule has 1 atom stereocenters. The largest absolute Gasteiger partial charge is 0.326 e. The predicted octanol–water partition coefficient (Wildman–Crippen LogP) is 1.76. The van der Waals surface area contributed by atoms with Gasteiger partial charge in [0.25, 0.3) is 5.91 Å². The van der Waals surface area contributed by atoms with Gasteiger partial charge in [0.1, 0.15) is 0 Å². The molecule has 2 heterocycles.